The second kappa shape index (κ2) is 8.80. The van der Waals surface area contributed by atoms with Crippen LogP contribution >= 0.6 is 11.8 Å². The highest BCUT2D eigenvalue weighted by Crippen LogP contribution is 2.36. The number of nitro benzene ring substituents is 1. The number of rotatable bonds is 7. The van der Waals surface area contributed by atoms with Gasteiger partial charge in [0.1, 0.15) is 0 Å². The number of carbonyl (C=O) groups excluding carboxylic acids is 1. The van der Waals surface area contributed by atoms with Crippen molar-refractivity contribution >= 4 is 39.1 Å². The Morgan fingerprint density at radius 1 is 1.21 bits per heavy atom. The predicted molar refractivity (Wildman–Crippen MR) is 101 cm³/mol. The van der Waals surface area contributed by atoms with Gasteiger partial charge in [0.25, 0.3) is 5.69 Å². The van der Waals surface area contributed by atoms with Crippen LogP contribution in [0.5, 0.6) is 0 Å². The Balaban J connectivity index is 2.08. The zero-order valence-electron chi connectivity index (χ0n) is 14.5. The molecule has 0 aromatic heterocycles. The lowest BCUT2D eigenvalue weighted by molar-refractivity contribution is -0.388. The van der Waals surface area contributed by atoms with Gasteiger partial charge in [-0.25, -0.2) is 13.6 Å². The monoisotopic (exact) mass is 449 g/mol. The molecule has 29 heavy (non-hydrogen) atoms. The molecular formula is C16H14F3N3O5S2. The highest BCUT2D eigenvalue weighted by atomic mass is 32.2. The van der Waals surface area contributed by atoms with E-state index in [2.05, 4.69) is 5.32 Å². The third kappa shape index (κ3) is 7.03. The van der Waals surface area contributed by atoms with Crippen LogP contribution in [0, 0.1) is 10.1 Å². The number of nitrogens with one attached hydrogen (secondary N) is 1. The first-order valence-electron chi connectivity index (χ1n) is 7.73. The predicted octanol–water partition coefficient (Wildman–Crippen LogP) is 3.13. The number of anilines is 1. The lowest BCUT2D eigenvalue weighted by Gasteiger charge is -2.09. The Morgan fingerprint density at radius 3 is 2.48 bits per heavy atom. The second-order valence-corrected chi connectivity index (χ2v) is 8.41. The minimum atomic E-state index is -4.73. The van der Waals surface area contributed by atoms with Gasteiger partial charge < -0.3 is 5.32 Å². The van der Waals surface area contributed by atoms with E-state index >= 15 is 0 Å². The van der Waals surface area contributed by atoms with Crippen LogP contribution in [0.4, 0.5) is 24.5 Å². The number of halogens is 3. The van der Waals surface area contributed by atoms with Crippen LogP contribution < -0.4 is 10.5 Å². The topological polar surface area (TPSA) is 132 Å². The molecule has 0 radical (unpaired) electrons. The van der Waals surface area contributed by atoms with Crippen molar-refractivity contribution in [3.8, 4) is 0 Å². The maximum atomic E-state index is 12.7. The van der Waals surface area contributed by atoms with Crippen molar-refractivity contribution in [1.82, 2.24) is 0 Å². The molecule has 0 saturated carbocycles. The summed E-state index contributed by atoms with van der Waals surface area (Å²) in [5.41, 5.74) is -1.30. The number of benzene rings is 2. The molecule has 0 unspecified atom stereocenters. The molecule has 2 aromatic rings. The van der Waals surface area contributed by atoms with Crippen LogP contribution in [0.1, 0.15) is 11.1 Å². The summed E-state index contributed by atoms with van der Waals surface area (Å²) in [5.74, 6) is -1.33. The van der Waals surface area contributed by atoms with Gasteiger partial charge in [0.2, 0.25) is 15.9 Å². The molecule has 0 aliphatic rings. The summed E-state index contributed by atoms with van der Waals surface area (Å²) in [5, 5.41) is 18.5. The highest BCUT2D eigenvalue weighted by Gasteiger charge is 2.33. The number of hydrogen-bond donors (Lipinski definition) is 2. The van der Waals surface area contributed by atoms with Gasteiger partial charge in [0.05, 0.1) is 26.9 Å². The summed E-state index contributed by atoms with van der Waals surface area (Å²) < 4.78 is 60.4. The number of nitrogens with zero attached hydrogens (tertiary/aromatic N) is 1. The first-order valence-corrected chi connectivity index (χ1v) is 10.4. The van der Waals surface area contributed by atoms with Crippen molar-refractivity contribution in [3.05, 3.63) is 63.7 Å². The van der Waals surface area contributed by atoms with Gasteiger partial charge in [0.15, 0.2) is 0 Å². The van der Waals surface area contributed by atoms with E-state index in [4.69, 9.17) is 5.14 Å². The number of alkyl halides is 3. The van der Waals surface area contributed by atoms with Crippen molar-refractivity contribution in [2.45, 2.75) is 16.8 Å². The average molecular weight is 449 g/mol. The van der Waals surface area contributed by atoms with Crippen LogP contribution in [0.15, 0.2) is 47.4 Å². The van der Waals surface area contributed by atoms with Gasteiger partial charge in [-0.2, -0.15) is 13.2 Å². The summed E-state index contributed by atoms with van der Waals surface area (Å²) >= 11 is 0.699. The van der Waals surface area contributed by atoms with Crippen LogP contribution in [-0.4, -0.2) is 25.0 Å². The summed E-state index contributed by atoms with van der Waals surface area (Å²) in [7, 11) is -3.76. The Labute approximate surface area is 167 Å². The largest absolute Gasteiger partial charge is 0.416 e. The molecule has 13 heteroatoms. The maximum absolute atomic E-state index is 12.7. The quantitative estimate of drug-likeness (QED) is 0.379. The van der Waals surface area contributed by atoms with E-state index in [-0.39, 0.29) is 16.3 Å². The Bertz CT molecular complexity index is 1040. The van der Waals surface area contributed by atoms with Gasteiger partial charge in [-0.05, 0) is 29.8 Å². The Kier molecular flexibility index (Phi) is 6.87. The number of primary sulfonamides is 1. The fraction of sp³-hybridized carbons (Fsp3) is 0.188. The van der Waals surface area contributed by atoms with E-state index in [1.54, 1.807) is 0 Å². The molecule has 3 N–H and O–H groups in total. The smallest absolute Gasteiger partial charge is 0.325 e. The third-order valence-electron chi connectivity index (χ3n) is 3.42. The standard InChI is InChI=1S/C16H14F3N3O5S2/c17-16(18,19)11-4-5-14(13(7-11)22(24)25)28-8-15(23)21-12-3-1-2-10(6-12)9-29(20,26)27/h1-7H,8-9H2,(H,21,23)(H2,20,26,27). The first kappa shape index (κ1) is 22.6. The van der Waals surface area contributed by atoms with Gasteiger partial charge in [-0.1, -0.05) is 12.1 Å². The molecule has 0 bridgehead atoms. The molecule has 1 amide bonds. The minimum absolute atomic E-state index is 0.0962. The fourth-order valence-electron chi connectivity index (χ4n) is 2.27. The first-order chi connectivity index (χ1) is 13.3. The molecule has 8 nitrogen and oxygen atoms in total. The van der Waals surface area contributed by atoms with Gasteiger partial charge in [0, 0.05) is 11.8 Å². The molecule has 0 aliphatic carbocycles. The zero-order chi connectivity index (χ0) is 21.8. The van der Waals surface area contributed by atoms with Crippen molar-refractivity contribution in [3.63, 3.8) is 0 Å². The lowest BCUT2D eigenvalue weighted by Crippen LogP contribution is -2.16. The second-order valence-electron chi connectivity index (χ2n) is 5.78. The normalized spacial score (nSPS) is 11.9. The SMILES string of the molecule is NS(=O)(=O)Cc1cccc(NC(=O)CSc2ccc(C(F)(F)F)cc2[N+](=O)[O-])c1. The summed E-state index contributed by atoms with van der Waals surface area (Å²) in [6.07, 6.45) is -4.73. The zero-order valence-corrected chi connectivity index (χ0v) is 16.1. The van der Waals surface area contributed by atoms with Crippen molar-refractivity contribution < 1.29 is 31.3 Å². The number of carbonyl (C=O) groups is 1. The molecule has 0 saturated heterocycles. The number of amides is 1. The van der Waals surface area contributed by atoms with Crippen molar-refractivity contribution in [2.24, 2.45) is 5.14 Å². The number of nitro groups is 1. The average Bonchev–Trinajstić information content (AvgIpc) is 2.57. The molecule has 2 rings (SSSR count). The number of sulfonamides is 1. The van der Waals surface area contributed by atoms with E-state index < -0.39 is 44.0 Å². The molecular weight excluding hydrogens is 435 g/mol. The van der Waals surface area contributed by atoms with Crippen LogP contribution in [0.25, 0.3) is 0 Å². The van der Waals surface area contributed by atoms with Crippen LogP contribution in [0.2, 0.25) is 0 Å². The molecule has 156 valence electrons. The van der Waals surface area contributed by atoms with E-state index in [0.29, 0.717) is 29.5 Å². The molecule has 0 heterocycles. The van der Waals surface area contributed by atoms with Gasteiger partial charge >= 0.3 is 6.18 Å². The number of hydrogen-bond acceptors (Lipinski definition) is 6. The molecule has 0 aliphatic heterocycles. The summed E-state index contributed by atoms with van der Waals surface area (Å²) in [4.78, 5) is 22.1. The summed E-state index contributed by atoms with van der Waals surface area (Å²) in [6.45, 7) is 0. The molecule has 0 atom stereocenters. The maximum Gasteiger partial charge on any atom is 0.416 e. The third-order valence-corrected chi connectivity index (χ3v) is 5.22. The van der Waals surface area contributed by atoms with Gasteiger partial charge in [-0.15, -0.1) is 11.8 Å². The van der Waals surface area contributed by atoms with Crippen LogP contribution in [-0.2, 0) is 26.7 Å². The van der Waals surface area contributed by atoms with E-state index in [1.807, 2.05) is 0 Å². The van der Waals surface area contributed by atoms with Gasteiger partial charge in [-0.3, -0.25) is 14.9 Å². The highest BCUT2D eigenvalue weighted by molar-refractivity contribution is 8.00. The fourth-order valence-corrected chi connectivity index (χ4v) is 3.72. The van der Waals surface area contributed by atoms with E-state index in [9.17, 15) is 36.5 Å². The number of thioether (sulfide) groups is 1. The van der Waals surface area contributed by atoms with Crippen LogP contribution in [0.3, 0.4) is 0 Å². The minimum Gasteiger partial charge on any atom is -0.325 e. The molecule has 0 fully saturated rings. The molecule has 2 aromatic carbocycles. The lowest BCUT2D eigenvalue weighted by atomic mass is 10.2. The Morgan fingerprint density at radius 2 is 1.90 bits per heavy atom. The van der Waals surface area contributed by atoms with Crippen molar-refractivity contribution in [1.29, 1.82) is 0 Å². The molecule has 0 spiro atoms. The Hall–Kier alpha value is -2.64. The van der Waals surface area contributed by atoms with E-state index in [1.165, 1.54) is 24.3 Å². The number of nitrogens with two attached hydrogens (primary N) is 1. The summed E-state index contributed by atoms with van der Waals surface area (Å²) in [6, 6.07) is 7.94. The van der Waals surface area contributed by atoms with E-state index in [0.717, 1.165) is 6.07 Å². The van der Waals surface area contributed by atoms with Crippen molar-refractivity contribution in [2.75, 3.05) is 11.1 Å².